The molecule has 0 saturated carbocycles. The van der Waals surface area contributed by atoms with Crippen molar-refractivity contribution in [2.45, 2.75) is 6.92 Å². The van der Waals surface area contributed by atoms with Gasteiger partial charge in [-0.15, -0.1) is 0 Å². The molecule has 0 saturated heterocycles. The number of anilines is 1. The SMILES string of the molecule is COc1cc(OC)c(Cl)c(C=Cc2ccccc2NC(C)=O)c1Cl. The maximum absolute atomic E-state index is 11.3. The van der Waals surface area contributed by atoms with Gasteiger partial charge in [-0.3, -0.25) is 4.79 Å². The Morgan fingerprint density at radius 3 is 2.17 bits per heavy atom. The Balaban J connectivity index is 2.48. The molecule has 0 unspecified atom stereocenters. The van der Waals surface area contributed by atoms with E-state index in [-0.39, 0.29) is 5.91 Å². The van der Waals surface area contributed by atoms with Gasteiger partial charge in [0.15, 0.2) is 0 Å². The predicted molar refractivity (Wildman–Crippen MR) is 99.2 cm³/mol. The van der Waals surface area contributed by atoms with Crippen molar-refractivity contribution in [2.75, 3.05) is 19.5 Å². The minimum atomic E-state index is -0.144. The molecule has 126 valence electrons. The van der Waals surface area contributed by atoms with Gasteiger partial charge in [0.05, 0.1) is 24.3 Å². The molecule has 0 aliphatic carbocycles. The van der Waals surface area contributed by atoms with E-state index >= 15 is 0 Å². The van der Waals surface area contributed by atoms with Crippen molar-refractivity contribution in [3.63, 3.8) is 0 Å². The fourth-order valence-electron chi connectivity index (χ4n) is 2.17. The fourth-order valence-corrected chi connectivity index (χ4v) is 2.80. The number of benzene rings is 2. The van der Waals surface area contributed by atoms with Crippen LogP contribution < -0.4 is 14.8 Å². The third-order valence-electron chi connectivity index (χ3n) is 3.31. The fraction of sp³-hybridized carbons (Fsp3) is 0.167. The Morgan fingerprint density at radius 1 is 1.04 bits per heavy atom. The second kappa shape index (κ2) is 8.08. The lowest BCUT2D eigenvalue weighted by Gasteiger charge is -2.12. The van der Waals surface area contributed by atoms with Gasteiger partial charge in [-0.1, -0.05) is 53.6 Å². The number of carbonyl (C=O) groups is 1. The Morgan fingerprint density at radius 2 is 1.62 bits per heavy atom. The molecule has 0 bridgehead atoms. The van der Waals surface area contributed by atoms with Crippen LogP contribution in [-0.4, -0.2) is 20.1 Å². The molecule has 0 aromatic heterocycles. The Bertz CT molecular complexity index is 760. The molecule has 0 aliphatic rings. The van der Waals surface area contributed by atoms with E-state index in [1.807, 2.05) is 30.3 Å². The third-order valence-corrected chi connectivity index (χ3v) is 4.09. The molecule has 1 N–H and O–H groups in total. The molecule has 1 amide bonds. The van der Waals surface area contributed by atoms with Gasteiger partial charge in [0, 0.05) is 24.2 Å². The smallest absolute Gasteiger partial charge is 0.221 e. The van der Waals surface area contributed by atoms with E-state index in [1.165, 1.54) is 21.1 Å². The highest BCUT2D eigenvalue weighted by molar-refractivity contribution is 6.39. The quantitative estimate of drug-likeness (QED) is 0.746. The number of hydrogen-bond donors (Lipinski definition) is 1. The van der Waals surface area contributed by atoms with Crippen LogP contribution in [-0.2, 0) is 4.79 Å². The predicted octanol–water partition coefficient (Wildman–Crippen LogP) is 5.14. The van der Waals surface area contributed by atoms with Crippen molar-refractivity contribution < 1.29 is 14.3 Å². The van der Waals surface area contributed by atoms with E-state index in [0.717, 1.165) is 5.56 Å². The summed E-state index contributed by atoms with van der Waals surface area (Å²) in [6, 6.07) is 9.04. The average Bonchev–Trinajstić information content (AvgIpc) is 2.56. The number of rotatable bonds is 5. The molecule has 0 radical (unpaired) electrons. The summed E-state index contributed by atoms with van der Waals surface area (Å²) >= 11 is 12.7. The average molecular weight is 366 g/mol. The van der Waals surface area contributed by atoms with E-state index < -0.39 is 0 Å². The normalized spacial score (nSPS) is 10.7. The molecule has 0 heterocycles. The van der Waals surface area contributed by atoms with Gasteiger partial charge in [0.25, 0.3) is 0 Å². The number of hydrogen-bond acceptors (Lipinski definition) is 3. The third kappa shape index (κ3) is 4.02. The van der Waals surface area contributed by atoms with Crippen molar-refractivity contribution in [1.82, 2.24) is 0 Å². The Hall–Kier alpha value is -2.17. The van der Waals surface area contributed by atoms with Gasteiger partial charge < -0.3 is 14.8 Å². The van der Waals surface area contributed by atoms with Crippen LogP contribution in [0.1, 0.15) is 18.1 Å². The largest absolute Gasteiger partial charge is 0.495 e. The molecule has 0 spiro atoms. The van der Waals surface area contributed by atoms with Crippen LogP contribution >= 0.6 is 23.2 Å². The molecule has 2 aromatic rings. The molecular weight excluding hydrogens is 349 g/mol. The Kier molecular flexibility index (Phi) is 6.12. The van der Waals surface area contributed by atoms with Crippen LogP contribution in [0, 0.1) is 0 Å². The standard InChI is InChI=1S/C18H17Cl2NO3/c1-11(22)21-14-7-5-4-6-12(14)8-9-13-17(19)15(23-2)10-16(24-3)18(13)20/h4-10H,1-3H3,(H,21,22). The molecule has 6 heteroatoms. The van der Waals surface area contributed by atoms with Crippen LogP contribution in [0.5, 0.6) is 11.5 Å². The summed E-state index contributed by atoms with van der Waals surface area (Å²) in [7, 11) is 3.04. The van der Waals surface area contributed by atoms with E-state index in [4.69, 9.17) is 32.7 Å². The summed E-state index contributed by atoms with van der Waals surface area (Å²) in [6.45, 7) is 1.46. The number of ether oxygens (including phenoxy) is 2. The number of methoxy groups -OCH3 is 2. The van der Waals surface area contributed by atoms with E-state index in [1.54, 1.807) is 12.1 Å². The molecular formula is C18H17Cl2NO3. The maximum Gasteiger partial charge on any atom is 0.221 e. The summed E-state index contributed by atoms with van der Waals surface area (Å²) in [4.78, 5) is 11.3. The summed E-state index contributed by atoms with van der Waals surface area (Å²) in [5.74, 6) is 0.787. The van der Waals surface area contributed by atoms with E-state index in [9.17, 15) is 4.79 Å². The number of nitrogens with one attached hydrogen (secondary N) is 1. The first kappa shape index (κ1) is 18.2. The lowest BCUT2D eigenvalue weighted by atomic mass is 10.1. The van der Waals surface area contributed by atoms with Gasteiger partial charge in [-0.05, 0) is 11.6 Å². The van der Waals surface area contributed by atoms with Gasteiger partial charge in [0.2, 0.25) is 5.91 Å². The first-order chi connectivity index (χ1) is 11.5. The highest BCUT2D eigenvalue weighted by Gasteiger charge is 2.15. The van der Waals surface area contributed by atoms with Gasteiger partial charge in [0.1, 0.15) is 11.5 Å². The minimum absolute atomic E-state index is 0.144. The van der Waals surface area contributed by atoms with Gasteiger partial charge >= 0.3 is 0 Å². The van der Waals surface area contributed by atoms with E-state index in [0.29, 0.717) is 32.8 Å². The van der Waals surface area contributed by atoms with Crippen molar-refractivity contribution in [1.29, 1.82) is 0 Å². The summed E-state index contributed by atoms with van der Waals surface area (Å²) in [5, 5.41) is 3.55. The number of carbonyl (C=O) groups excluding carboxylic acids is 1. The summed E-state index contributed by atoms with van der Waals surface area (Å²) in [5.41, 5.74) is 2.09. The second-order valence-electron chi connectivity index (χ2n) is 4.92. The molecule has 0 fully saturated rings. The van der Waals surface area contributed by atoms with Crippen LogP contribution in [0.3, 0.4) is 0 Å². The summed E-state index contributed by atoms with van der Waals surface area (Å²) in [6.07, 6.45) is 3.58. The van der Waals surface area contributed by atoms with E-state index in [2.05, 4.69) is 5.32 Å². The van der Waals surface area contributed by atoms with Crippen LogP contribution in [0.25, 0.3) is 12.2 Å². The molecule has 24 heavy (non-hydrogen) atoms. The maximum atomic E-state index is 11.3. The topological polar surface area (TPSA) is 47.6 Å². The zero-order chi connectivity index (χ0) is 17.7. The van der Waals surface area contributed by atoms with Crippen molar-refractivity contribution in [2.24, 2.45) is 0 Å². The molecule has 0 atom stereocenters. The highest BCUT2D eigenvalue weighted by atomic mass is 35.5. The lowest BCUT2D eigenvalue weighted by Crippen LogP contribution is -2.06. The molecule has 2 aromatic carbocycles. The highest BCUT2D eigenvalue weighted by Crippen LogP contribution is 2.41. The second-order valence-corrected chi connectivity index (χ2v) is 5.68. The minimum Gasteiger partial charge on any atom is -0.495 e. The Labute approximate surface area is 151 Å². The monoisotopic (exact) mass is 365 g/mol. The number of amides is 1. The zero-order valence-corrected chi connectivity index (χ0v) is 15.0. The number of halogens is 2. The van der Waals surface area contributed by atoms with Crippen molar-refractivity contribution >= 4 is 46.9 Å². The molecule has 0 aliphatic heterocycles. The zero-order valence-electron chi connectivity index (χ0n) is 13.5. The molecule has 4 nitrogen and oxygen atoms in total. The number of para-hydroxylation sites is 1. The lowest BCUT2D eigenvalue weighted by molar-refractivity contribution is -0.114. The first-order valence-electron chi connectivity index (χ1n) is 7.12. The first-order valence-corrected chi connectivity index (χ1v) is 7.88. The van der Waals surface area contributed by atoms with Gasteiger partial charge in [-0.25, -0.2) is 0 Å². The van der Waals surface area contributed by atoms with Crippen LogP contribution in [0.2, 0.25) is 10.0 Å². The molecule has 2 rings (SSSR count). The van der Waals surface area contributed by atoms with Crippen LogP contribution in [0.15, 0.2) is 30.3 Å². The summed E-state index contributed by atoms with van der Waals surface area (Å²) < 4.78 is 10.5. The van der Waals surface area contributed by atoms with Crippen molar-refractivity contribution in [3.05, 3.63) is 51.5 Å². The van der Waals surface area contributed by atoms with Gasteiger partial charge in [-0.2, -0.15) is 0 Å². The van der Waals surface area contributed by atoms with Crippen molar-refractivity contribution in [3.8, 4) is 11.5 Å². The van der Waals surface area contributed by atoms with Crippen LogP contribution in [0.4, 0.5) is 5.69 Å².